The molecule has 0 fully saturated rings. The predicted molar refractivity (Wildman–Crippen MR) is 81.6 cm³/mol. The second kappa shape index (κ2) is 10.5. The van der Waals surface area contributed by atoms with E-state index >= 15 is 0 Å². The van der Waals surface area contributed by atoms with Crippen LogP contribution in [0.2, 0.25) is 0 Å². The Kier molecular flexibility index (Phi) is 9.95. The molecular weight excluding hydrogens is 305 g/mol. The number of pyridine rings is 1. The van der Waals surface area contributed by atoms with Gasteiger partial charge in [-0.2, -0.15) is 0 Å². The molecule has 1 aromatic rings. The average molecular weight is 327 g/mol. The number of nitrogens with zero attached hydrogens (tertiary/aromatic N) is 2. The summed E-state index contributed by atoms with van der Waals surface area (Å²) in [6, 6.07) is 4.87. The number of nitrogens with one attached hydrogen (secondary N) is 1. The van der Waals surface area contributed by atoms with Crippen LogP contribution in [0.3, 0.4) is 0 Å². The maximum absolute atomic E-state index is 11.9. The molecule has 2 unspecified atom stereocenters. The van der Waals surface area contributed by atoms with E-state index in [1.54, 1.807) is 19.3 Å². The van der Waals surface area contributed by atoms with Gasteiger partial charge in [0.15, 0.2) is 0 Å². The van der Waals surface area contributed by atoms with Gasteiger partial charge in [0.1, 0.15) is 5.41 Å². The molecule has 0 saturated carbocycles. The van der Waals surface area contributed by atoms with Gasteiger partial charge in [-0.3, -0.25) is 14.6 Å². The molecule has 1 aromatic heterocycles. The molecule has 7 heteroatoms. The van der Waals surface area contributed by atoms with Gasteiger partial charge >= 0.3 is 29.6 Å². The molecule has 0 spiro atoms. The van der Waals surface area contributed by atoms with Crippen molar-refractivity contribution in [3.63, 3.8) is 0 Å². The molecule has 0 aliphatic carbocycles. The van der Waals surface area contributed by atoms with E-state index in [0.29, 0.717) is 6.42 Å². The summed E-state index contributed by atoms with van der Waals surface area (Å²) in [7, 11) is 0. The fourth-order valence-corrected chi connectivity index (χ4v) is 2.61. The summed E-state index contributed by atoms with van der Waals surface area (Å²) in [6.45, 7) is 5.62. The second-order valence-corrected chi connectivity index (χ2v) is 5.22. The van der Waals surface area contributed by atoms with Crippen molar-refractivity contribution in [1.82, 2.24) is 10.3 Å². The van der Waals surface area contributed by atoms with E-state index < -0.39 is 23.3 Å². The van der Waals surface area contributed by atoms with Crippen LogP contribution in [0.5, 0.6) is 0 Å². The molecule has 0 radical (unpaired) electrons. The van der Waals surface area contributed by atoms with Crippen molar-refractivity contribution < 1.29 is 44.3 Å². The number of amides is 2. The van der Waals surface area contributed by atoms with E-state index in [1.807, 2.05) is 32.0 Å². The zero-order valence-electron chi connectivity index (χ0n) is 14.2. The maximum atomic E-state index is 11.9. The summed E-state index contributed by atoms with van der Waals surface area (Å²) in [6.07, 6.45) is 5.52. The molecule has 23 heavy (non-hydrogen) atoms. The summed E-state index contributed by atoms with van der Waals surface area (Å²) in [4.78, 5) is 30.8. The largest absolute Gasteiger partial charge is 1.00 e. The molecule has 0 aromatic carbocycles. The number of hydrogen-bond acceptors (Lipinski definition) is 4. The van der Waals surface area contributed by atoms with Gasteiger partial charge in [-0.15, -0.1) is 0 Å². The summed E-state index contributed by atoms with van der Waals surface area (Å²) in [5, 5.41) is 13.1. The first-order chi connectivity index (χ1) is 10.5. The molecule has 6 nitrogen and oxygen atoms in total. The van der Waals surface area contributed by atoms with E-state index in [9.17, 15) is 14.7 Å². The quantitative estimate of drug-likeness (QED) is 0.526. The normalized spacial score (nSPS) is 21.1. The minimum Gasteiger partial charge on any atom is -0.846 e. The van der Waals surface area contributed by atoms with Crippen LogP contribution in [-0.2, 0) is 9.59 Å². The summed E-state index contributed by atoms with van der Waals surface area (Å²) in [5.41, 5.74) is -1.15. The third-order valence-electron chi connectivity index (χ3n) is 3.90. The first-order valence-electron chi connectivity index (χ1n) is 7.45. The van der Waals surface area contributed by atoms with Crippen LogP contribution in [0.1, 0.15) is 40.0 Å². The molecule has 120 valence electrons. The van der Waals surface area contributed by atoms with Crippen LogP contribution in [0.25, 0.3) is 0 Å². The zero-order chi connectivity index (χ0) is 16.6. The van der Waals surface area contributed by atoms with Crippen molar-refractivity contribution in [3.05, 3.63) is 30.6 Å². The van der Waals surface area contributed by atoms with Gasteiger partial charge in [0.25, 0.3) is 5.91 Å². The fourth-order valence-electron chi connectivity index (χ4n) is 2.61. The number of aromatic nitrogens is 1. The predicted octanol–water partition coefficient (Wildman–Crippen LogP) is -1.72. The van der Waals surface area contributed by atoms with Gasteiger partial charge in [-0.1, -0.05) is 33.3 Å². The Morgan fingerprint density at radius 1 is 1.22 bits per heavy atom. The van der Waals surface area contributed by atoms with Gasteiger partial charge in [0.05, 0.1) is 6.02 Å². The minimum absolute atomic E-state index is 0. The van der Waals surface area contributed by atoms with Crippen molar-refractivity contribution in [2.75, 3.05) is 0 Å². The Morgan fingerprint density at radius 2 is 1.83 bits per heavy atom. The Balaban J connectivity index is 0.000000581. The topological polar surface area (TPSA) is 94.5 Å². The van der Waals surface area contributed by atoms with Gasteiger partial charge in [-0.25, -0.2) is 4.99 Å². The molecule has 2 rings (SSSR count). The molecule has 0 saturated heterocycles. The SMILES string of the molecule is CCCC(C)C1(CC)C(=O)N=C([O-])NC1=O.[Na+].c1ccncc1. The van der Waals surface area contributed by atoms with E-state index in [-0.39, 0.29) is 35.5 Å². The van der Waals surface area contributed by atoms with Gasteiger partial charge < -0.3 is 10.4 Å². The number of amidine groups is 1. The van der Waals surface area contributed by atoms with Crippen LogP contribution in [0.15, 0.2) is 35.6 Å². The standard InChI is InChI=1S/C11H18N2O3.C5H5N.Na/c1-4-6-7(3)11(5-2)8(14)12-10(16)13-9(11)15;1-2-4-6-5-3-1;/h7H,4-6H2,1-3H3,(H2,12,13,14,15,16);1-5H;/q;;+1/p-1. The first-order valence-corrected chi connectivity index (χ1v) is 7.45. The van der Waals surface area contributed by atoms with E-state index in [1.165, 1.54) is 0 Å². The molecule has 2 heterocycles. The summed E-state index contributed by atoms with van der Waals surface area (Å²) in [5.74, 6) is -1.20. The van der Waals surface area contributed by atoms with Crippen molar-refractivity contribution in [2.45, 2.75) is 40.0 Å². The molecular formula is C16H22N3NaO3. The first kappa shape index (κ1) is 21.8. The number of rotatable bonds is 4. The van der Waals surface area contributed by atoms with Crippen molar-refractivity contribution >= 4 is 17.8 Å². The summed E-state index contributed by atoms with van der Waals surface area (Å²) < 4.78 is 0. The molecule has 0 bridgehead atoms. The van der Waals surface area contributed by atoms with E-state index in [0.717, 1.165) is 12.8 Å². The molecule has 2 atom stereocenters. The van der Waals surface area contributed by atoms with E-state index in [2.05, 4.69) is 15.3 Å². The summed E-state index contributed by atoms with van der Waals surface area (Å²) >= 11 is 0. The van der Waals surface area contributed by atoms with Crippen LogP contribution in [0, 0.1) is 11.3 Å². The monoisotopic (exact) mass is 327 g/mol. The Morgan fingerprint density at radius 3 is 2.17 bits per heavy atom. The number of aliphatic imine (C=N–C) groups is 1. The van der Waals surface area contributed by atoms with Crippen LogP contribution in [0.4, 0.5) is 0 Å². The van der Waals surface area contributed by atoms with Gasteiger partial charge in [0, 0.05) is 12.4 Å². The minimum atomic E-state index is -1.15. The van der Waals surface area contributed by atoms with Crippen LogP contribution < -0.4 is 40.0 Å². The third kappa shape index (κ3) is 5.41. The molecule has 1 aliphatic rings. The number of carbonyl (C=O) groups is 2. The Hall–Kier alpha value is -1.24. The number of hydrogen-bond donors (Lipinski definition) is 1. The Labute approximate surface area is 159 Å². The molecule has 1 N–H and O–H groups in total. The zero-order valence-corrected chi connectivity index (χ0v) is 16.2. The third-order valence-corrected chi connectivity index (χ3v) is 3.90. The van der Waals surface area contributed by atoms with E-state index in [4.69, 9.17) is 0 Å². The van der Waals surface area contributed by atoms with Crippen LogP contribution >= 0.6 is 0 Å². The number of carbonyl (C=O) groups excluding carboxylic acids is 2. The smallest absolute Gasteiger partial charge is 0.846 e. The molecule has 1 aliphatic heterocycles. The average Bonchev–Trinajstić information content (AvgIpc) is 2.50. The maximum Gasteiger partial charge on any atom is 1.00 e. The van der Waals surface area contributed by atoms with Crippen molar-refractivity contribution in [1.29, 1.82) is 0 Å². The van der Waals surface area contributed by atoms with Crippen molar-refractivity contribution in [3.8, 4) is 0 Å². The van der Waals surface area contributed by atoms with Gasteiger partial charge in [-0.05, 0) is 30.9 Å². The fraction of sp³-hybridized carbons (Fsp3) is 0.500. The van der Waals surface area contributed by atoms with Gasteiger partial charge in [0.2, 0.25) is 5.91 Å². The second-order valence-electron chi connectivity index (χ2n) is 5.22. The van der Waals surface area contributed by atoms with Crippen molar-refractivity contribution in [2.24, 2.45) is 16.3 Å². The Bertz CT molecular complexity index is 510. The van der Waals surface area contributed by atoms with Crippen LogP contribution in [-0.4, -0.2) is 22.8 Å². The molecule has 2 amide bonds.